The summed E-state index contributed by atoms with van der Waals surface area (Å²) >= 11 is 15.1. The van der Waals surface area contributed by atoms with Crippen LogP contribution in [0, 0.1) is 0 Å². The Bertz CT molecular complexity index is 1450. The quantitative estimate of drug-likeness (QED) is 0.201. The predicted octanol–water partition coefficient (Wildman–Crippen LogP) is 9.39. The van der Waals surface area contributed by atoms with Crippen LogP contribution in [-0.2, 0) is 19.4 Å². The first-order chi connectivity index (χ1) is 18.0. The number of para-hydroxylation sites is 1. The van der Waals surface area contributed by atoms with E-state index in [0.29, 0.717) is 22.9 Å². The van der Waals surface area contributed by atoms with Crippen molar-refractivity contribution in [1.29, 1.82) is 0 Å². The highest BCUT2D eigenvalue weighted by molar-refractivity contribution is 9.11. The van der Waals surface area contributed by atoms with Crippen molar-refractivity contribution in [3.05, 3.63) is 108 Å². The number of aliphatic imine (C=N–C) groups is 1. The topological polar surface area (TPSA) is 50.7 Å². The molecule has 0 fully saturated rings. The van der Waals surface area contributed by atoms with Gasteiger partial charge in [0.1, 0.15) is 17.4 Å². The monoisotopic (exact) mass is 656 g/mol. The summed E-state index contributed by atoms with van der Waals surface area (Å²) in [7, 11) is 0. The molecule has 3 aromatic carbocycles. The van der Waals surface area contributed by atoms with Crippen LogP contribution in [-0.4, -0.2) is 12.1 Å². The van der Waals surface area contributed by atoms with Gasteiger partial charge < -0.3 is 10.1 Å². The molecular formula is C29H23Br2ClN2O2S. The number of nitrogens with one attached hydrogen (secondary N) is 1. The lowest BCUT2D eigenvalue weighted by atomic mass is 9.95. The number of fused-ring (bicyclic) bond motifs is 1. The molecule has 1 amide bonds. The number of carbonyl (C=O) groups excluding carboxylic acids is 1. The smallest absolute Gasteiger partial charge is 0.259 e. The number of ether oxygens (including phenoxy) is 1. The first kappa shape index (κ1) is 26.2. The van der Waals surface area contributed by atoms with Crippen molar-refractivity contribution in [2.75, 3.05) is 5.32 Å². The summed E-state index contributed by atoms with van der Waals surface area (Å²) in [5, 5.41) is 4.46. The van der Waals surface area contributed by atoms with E-state index < -0.39 is 0 Å². The number of carbonyl (C=O) groups is 1. The van der Waals surface area contributed by atoms with Gasteiger partial charge in [0, 0.05) is 27.4 Å². The summed E-state index contributed by atoms with van der Waals surface area (Å²) in [5.41, 5.74) is 4.40. The van der Waals surface area contributed by atoms with Gasteiger partial charge in [0.15, 0.2) is 0 Å². The minimum atomic E-state index is -0.108. The molecule has 5 rings (SSSR count). The number of nitrogens with zero attached hydrogens (tertiary/aromatic N) is 1. The van der Waals surface area contributed by atoms with Crippen LogP contribution >= 0.6 is 54.8 Å². The maximum absolute atomic E-state index is 13.3. The fourth-order valence-corrected chi connectivity index (χ4v) is 7.15. The van der Waals surface area contributed by atoms with Gasteiger partial charge in [-0.1, -0.05) is 48.0 Å². The van der Waals surface area contributed by atoms with Crippen LogP contribution in [0.5, 0.6) is 5.75 Å². The van der Waals surface area contributed by atoms with Gasteiger partial charge in [-0.05, 0) is 99.0 Å². The molecule has 1 N–H and O–H groups in total. The molecule has 1 aliphatic carbocycles. The molecule has 4 aromatic rings. The van der Waals surface area contributed by atoms with Crippen molar-refractivity contribution in [2.24, 2.45) is 4.99 Å². The molecule has 0 radical (unpaired) electrons. The van der Waals surface area contributed by atoms with Crippen molar-refractivity contribution < 1.29 is 9.53 Å². The molecular weight excluding hydrogens is 636 g/mol. The molecule has 1 aromatic heterocycles. The van der Waals surface area contributed by atoms with E-state index in [1.54, 1.807) is 17.6 Å². The normalized spacial score (nSPS) is 12.9. The molecule has 37 heavy (non-hydrogen) atoms. The lowest BCUT2D eigenvalue weighted by Crippen LogP contribution is -2.14. The molecule has 4 nitrogen and oxygen atoms in total. The average molecular weight is 659 g/mol. The summed E-state index contributed by atoms with van der Waals surface area (Å²) < 4.78 is 7.63. The Morgan fingerprint density at radius 3 is 2.49 bits per heavy atom. The van der Waals surface area contributed by atoms with Gasteiger partial charge in [0.05, 0.1) is 14.5 Å². The number of aryl methyl sites for hydroxylation is 1. The van der Waals surface area contributed by atoms with E-state index in [2.05, 4.69) is 37.2 Å². The molecule has 1 heterocycles. The molecule has 0 aliphatic heterocycles. The van der Waals surface area contributed by atoms with E-state index >= 15 is 0 Å². The van der Waals surface area contributed by atoms with Crippen molar-refractivity contribution >= 4 is 77.6 Å². The fraction of sp³-hybridized carbons (Fsp3) is 0.172. The van der Waals surface area contributed by atoms with Gasteiger partial charge in [-0.15, -0.1) is 11.3 Å². The second kappa shape index (κ2) is 11.9. The molecule has 0 saturated heterocycles. The molecule has 0 atom stereocenters. The molecule has 0 unspecified atom stereocenters. The number of hydrogen-bond acceptors (Lipinski definition) is 4. The second-order valence-corrected chi connectivity index (χ2v) is 11.9. The molecule has 0 saturated carbocycles. The Hall–Kier alpha value is -2.45. The number of thiophene rings is 1. The average Bonchev–Trinajstić information content (AvgIpc) is 3.27. The molecule has 0 bridgehead atoms. The van der Waals surface area contributed by atoms with Crippen LogP contribution < -0.4 is 10.1 Å². The lowest BCUT2D eigenvalue weighted by molar-refractivity contribution is 0.102. The highest BCUT2D eigenvalue weighted by Gasteiger charge is 2.25. The zero-order chi connectivity index (χ0) is 25.8. The van der Waals surface area contributed by atoms with Crippen LogP contribution in [0.3, 0.4) is 0 Å². The third-order valence-electron chi connectivity index (χ3n) is 6.09. The van der Waals surface area contributed by atoms with Crippen LogP contribution in [0.1, 0.15) is 44.8 Å². The first-order valence-corrected chi connectivity index (χ1v) is 14.7. The molecule has 8 heteroatoms. The van der Waals surface area contributed by atoms with E-state index in [-0.39, 0.29) is 5.91 Å². The van der Waals surface area contributed by atoms with Crippen molar-refractivity contribution in [2.45, 2.75) is 32.3 Å². The van der Waals surface area contributed by atoms with E-state index in [1.165, 1.54) is 4.88 Å². The Morgan fingerprint density at radius 1 is 1.03 bits per heavy atom. The van der Waals surface area contributed by atoms with Crippen molar-refractivity contribution in [3.63, 3.8) is 0 Å². The third-order valence-corrected chi connectivity index (χ3v) is 8.84. The Labute approximate surface area is 242 Å². The molecule has 1 aliphatic rings. The summed E-state index contributed by atoms with van der Waals surface area (Å²) in [6.07, 6.45) is 5.94. The van der Waals surface area contributed by atoms with Gasteiger partial charge in [0.2, 0.25) is 0 Å². The number of amides is 1. The minimum Gasteiger partial charge on any atom is -0.486 e. The Kier molecular flexibility index (Phi) is 8.45. The van der Waals surface area contributed by atoms with Crippen LogP contribution in [0.4, 0.5) is 10.7 Å². The maximum atomic E-state index is 13.3. The largest absolute Gasteiger partial charge is 0.486 e. The van der Waals surface area contributed by atoms with Gasteiger partial charge in [0.25, 0.3) is 5.91 Å². The van der Waals surface area contributed by atoms with Crippen LogP contribution in [0.25, 0.3) is 0 Å². The van der Waals surface area contributed by atoms with Gasteiger partial charge in [-0.3, -0.25) is 4.79 Å². The summed E-state index contributed by atoms with van der Waals surface area (Å²) in [4.78, 5) is 19.4. The standard InChI is InChI=1S/C29H23Br2ClN2O2S/c30-22-14-18(15-23(31)27(22)36-17-19-8-4-6-12-24(19)32)16-33-29-26(21-11-5-7-13-25(21)37-29)28(35)34-20-9-2-1-3-10-20/h1-4,6,8-10,12,14-16H,5,7,11,13,17H2,(H,34,35). The SMILES string of the molecule is O=C(Nc1ccccc1)c1c(N=Cc2cc(Br)c(OCc3ccccc3Cl)c(Br)c2)sc2c1CCCC2. The van der Waals surface area contributed by atoms with Gasteiger partial charge in [-0.25, -0.2) is 4.99 Å². The van der Waals surface area contributed by atoms with E-state index in [0.717, 1.165) is 62.0 Å². The summed E-state index contributed by atoms with van der Waals surface area (Å²) in [6, 6.07) is 21.1. The summed E-state index contributed by atoms with van der Waals surface area (Å²) in [6.45, 7) is 0.352. The van der Waals surface area contributed by atoms with E-state index in [9.17, 15) is 4.79 Å². The van der Waals surface area contributed by atoms with Crippen LogP contribution in [0.15, 0.2) is 80.7 Å². The third kappa shape index (κ3) is 6.17. The zero-order valence-corrected chi connectivity index (χ0v) is 24.5. The van der Waals surface area contributed by atoms with E-state index in [4.69, 9.17) is 21.3 Å². The second-order valence-electron chi connectivity index (χ2n) is 8.66. The molecule has 0 spiro atoms. The lowest BCUT2D eigenvalue weighted by Gasteiger charge is -2.13. The number of halogens is 3. The maximum Gasteiger partial charge on any atom is 0.259 e. The number of benzene rings is 3. The van der Waals surface area contributed by atoms with Gasteiger partial charge in [-0.2, -0.15) is 0 Å². The Balaban J connectivity index is 1.39. The van der Waals surface area contributed by atoms with Crippen molar-refractivity contribution in [1.82, 2.24) is 0 Å². The number of anilines is 1. The summed E-state index contributed by atoms with van der Waals surface area (Å²) in [5.74, 6) is 0.579. The highest BCUT2D eigenvalue weighted by atomic mass is 79.9. The van der Waals surface area contributed by atoms with E-state index in [1.807, 2.05) is 66.7 Å². The first-order valence-electron chi connectivity index (χ1n) is 11.9. The number of rotatable bonds is 7. The van der Waals surface area contributed by atoms with Gasteiger partial charge >= 0.3 is 0 Å². The van der Waals surface area contributed by atoms with Crippen molar-refractivity contribution in [3.8, 4) is 5.75 Å². The zero-order valence-electron chi connectivity index (χ0n) is 19.8. The minimum absolute atomic E-state index is 0.108. The highest BCUT2D eigenvalue weighted by Crippen LogP contribution is 2.41. The fourth-order valence-electron chi connectivity index (χ4n) is 4.28. The number of hydrogen-bond donors (Lipinski definition) is 1. The Morgan fingerprint density at radius 2 is 1.73 bits per heavy atom. The predicted molar refractivity (Wildman–Crippen MR) is 160 cm³/mol. The van der Waals surface area contributed by atoms with Crippen LogP contribution in [0.2, 0.25) is 5.02 Å². The molecule has 188 valence electrons.